The molecule has 1 heterocycles. The highest BCUT2D eigenvalue weighted by atomic mass is 16.7. The van der Waals surface area contributed by atoms with Crippen LogP contribution in [0.25, 0.3) is 0 Å². The summed E-state index contributed by atoms with van der Waals surface area (Å²) in [6.45, 7) is 0.260. The number of hydrogen-bond acceptors (Lipinski definition) is 4. The molecule has 1 aliphatic heterocycles. The molecule has 0 radical (unpaired) electrons. The summed E-state index contributed by atoms with van der Waals surface area (Å²) in [6, 6.07) is 14.1. The summed E-state index contributed by atoms with van der Waals surface area (Å²) in [5.74, 6) is 2.37. The van der Waals surface area contributed by atoms with Gasteiger partial charge in [-0.05, 0) is 61.1 Å². The smallest absolute Gasteiger partial charge is 0.315 e. The van der Waals surface area contributed by atoms with Crippen LogP contribution >= 0.6 is 0 Å². The minimum absolute atomic E-state index is 0.0395. The Bertz CT molecular complexity index is 847. The molecule has 1 atom stereocenters. The van der Waals surface area contributed by atoms with Crippen molar-refractivity contribution in [2.75, 3.05) is 13.9 Å². The lowest BCUT2D eigenvalue weighted by Crippen LogP contribution is -2.48. The molecule has 2 aromatic carbocycles. The molecule has 2 N–H and O–H groups in total. The minimum Gasteiger partial charge on any atom is -0.497 e. The maximum Gasteiger partial charge on any atom is 0.315 e. The normalized spacial score (nSPS) is 16.7. The van der Waals surface area contributed by atoms with Crippen LogP contribution in [0.15, 0.2) is 42.5 Å². The number of urea groups is 1. The second-order valence-electron chi connectivity index (χ2n) is 8.09. The van der Waals surface area contributed by atoms with Gasteiger partial charge < -0.3 is 24.8 Å². The van der Waals surface area contributed by atoms with Crippen molar-refractivity contribution >= 4 is 6.03 Å². The standard InChI is InChI=1S/C24H30N2O4/c1-28-21-10-7-17(8-11-21)13-20(26-24(27)25-19-5-3-2-4-6-19)14-18-9-12-22-23(15-18)30-16-29-22/h7-12,15,19-20H,2-6,13-14,16H2,1H3,(H2,25,26,27)/t20-/m0/s1. The fourth-order valence-corrected chi connectivity index (χ4v) is 4.23. The van der Waals surface area contributed by atoms with Gasteiger partial charge in [-0.25, -0.2) is 4.79 Å². The number of ether oxygens (including phenoxy) is 3. The maximum atomic E-state index is 12.7. The van der Waals surface area contributed by atoms with Crippen LogP contribution in [0.1, 0.15) is 43.2 Å². The monoisotopic (exact) mass is 410 g/mol. The summed E-state index contributed by atoms with van der Waals surface area (Å²) in [6.07, 6.45) is 7.23. The molecule has 0 spiro atoms. The first kappa shape index (κ1) is 20.4. The van der Waals surface area contributed by atoms with Gasteiger partial charge in [-0.1, -0.05) is 37.5 Å². The van der Waals surface area contributed by atoms with Gasteiger partial charge in [-0.2, -0.15) is 0 Å². The van der Waals surface area contributed by atoms with Crippen LogP contribution in [0.5, 0.6) is 17.2 Å². The van der Waals surface area contributed by atoms with Crippen molar-refractivity contribution in [2.24, 2.45) is 0 Å². The lowest BCUT2D eigenvalue weighted by atomic mass is 9.95. The van der Waals surface area contributed by atoms with E-state index < -0.39 is 0 Å². The summed E-state index contributed by atoms with van der Waals surface area (Å²) in [5, 5.41) is 6.37. The summed E-state index contributed by atoms with van der Waals surface area (Å²) in [5.41, 5.74) is 2.26. The molecule has 30 heavy (non-hydrogen) atoms. The Morgan fingerprint density at radius 3 is 2.47 bits per heavy atom. The molecule has 160 valence electrons. The van der Waals surface area contributed by atoms with Crippen molar-refractivity contribution in [3.05, 3.63) is 53.6 Å². The number of fused-ring (bicyclic) bond motifs is 1. The number of nitrogens with one attached hydrogen (secondary N) is 2. The highest BCUT2D eigenvalue weighted by Gasteiger charge is 2.20. The number of hydrogen-bond donors (Lipinski definition) is 2. The number of carbonyl (C=O) groups is 1. The molecular formula is C24H30N2O4. The summed E-state index contributed by atoms with van der Waals surface area (Å²) >= 11 is 0. The van der Waals surface area contributed by atoms with Crippen LogP contribution in [-0.2, 0) is 12.8 Å². The van der Waals surface area contributed by atoms with Gasteiger partial charge in [0.1, 0.15) is 5.75 Å². The lowest BCUT2D eigenvalue weighted by Gasteiger charge is -2.25. The van der Waals surface area contributed by atoms with E-state index in [1.165, 1.54) is 19.3 Å². The molecule has 0 aromatic heterocycles. The zero-order chi connectivity index (χ0) is 20.8. The van der Waals surface area contributed by atoms with Crippen LogP contribution in [0.3, 0.4) is 0 Å². The van der Waals surface area contributed by atoms with Crippen LogP contribution < -0.4 is 24.8 Å². The van der Waals surface area contributed by atoms with Crippen LogP contribution in [0.4, 0.5) is 4.79 Å². The Balaban J connectivity index is 1.44. The first-order chi connectivity index (χ1) is 14.7. The quantitative estimate of drug-likeness (QED) is 0.718. The van der Waals surface area contributed by atoms with E-state index in [0.717, 1.165) is 47.6 Å². The third kappa shape index (κ3) is 5.38. The molecular weight excluding hydrogens is 380 g/mol. The van der Waals surface area contributed by atoms with E-state index in [9.17, 15) is 4.79 Å². The second-order valence-corrected chi connectivity index (χ2v) is 8.09. The van der Waals surface area contributed by atoms with E-state index in [1.54, 1.807) is 7.11 Å². The molecule has 2 aromatic rings. The van der Waals surface area contributed by atoms with Crippen molar-refractivity contribution in [1.29, 1.82) is 0 Å². The van der Waals surface area contributed by atoms with E-state index in [2.05, 4.69) is 10.6 Å². The number of rotatable bonds is 7. The average molecular weight is 411 g/mol. The van der Waals surface area contributed by atoms with Crippen LogP contribution in [0, 0.1) is 0 Å². The Morgan fingerprint density at radius 1 is 1.00 bits per heavy atom. The van der Waals surface area contributed by atoms with Gasteiger partial charge in [-0.3, -0.25) is 0 Å². The fraction of sp³-hybridized carbons (Fsp3) is 0.458. The van der Waals surface area contributed by atoms with E-state index >= 15 is 0 Å². The molecule has 6 nitrogen and oxygen atoms in total. The lowest BCUT2D eigenvalue weighted by molar-refractivity contribution is 0.174. The van der Waals surface area contributed by atoms with Gasteiger partial charge in [0.15, 0.2) is 11.5 Å². The molecule has 1 fully saturated rings. The fourth-order valence-electron chi connectivity index (χ4n) is 4.23. The predicted octanol–water partition coefficient (Wildman–Crippen LogP) is 4.21. The zero-order valence-corrected chi connectivity index (χ0v) is 17.5. The van der Waals surface area contributed by atoms with Gasteiger partial charge in [-0.15, -0.1) is 0 Å². The van der Waals surface area contributed by atoms with Gasteiger partial charge in [0, 0.05) is 12.1 Å². The zero-order valence-electron chi connectivity index (χ0n) is 17.5. The summed E-state index contributed by atoms with van der Waals surface area (Å²) in [4.78, 5) is 12.7. The molecule has 4 rings (SSSR count). The topological polar surface area (TPSA) is 68.8 Å². The highest BCUT2D eigenvalue weighted by molar-refractivity contribution is 5.74. The number of carbonyl (C=O) groups excluding carboxylic acids is 1. The molecule has 0 bridgehead atoms. The molecule has 2 aliphatic rings. The SMILES string of the molecule is COc1ccc(C[C@@H](Cc2ccc3c(c2)OCO3)NC(=O)NC2CCCCC2)cc1. The molecule has 1 aliphatic carbocycles. The van der Waals surface area contributed by atoms with Gasteiger partial charge in [0.05, 0.1) is 7.11 Å². The van der Waals surface area contributed by atoms with E-state index in [1.807, 2.05) is 42.5 Å². The maximum absolute atomic E-state index is 12.7. The third-order valence-corrected chi connectivity index (χ3v) is 5.84. The number of amides is 2. The average Bonchev–Trinajstić information content (AvgIpc) is 3.23. The Kier molecular flexibility index (Phi) is 6.62. The van der Waals surface area contributed by atoms with E-state index in [0.29, 0.717) is 6.42 Å². The van der Waals surface area contributed by atoms with Crippen molar-refractivity contribution in [2.45, 2.75) is 57.0 Å². The van der Waals surface area contributed by atoms with E-state index in [4.69, 9.17) is 14.2 Å². The van der Waals surface area contributed by atoms with Crippen molar-refractivity contribution in [3.8, 4) is 17.2 Å². The van der Waals surface area contributed by atoms with Crippen molar-refractivity contribution < 1.29 is 19.0 Å². The van der Waals surface area contributed by atoms with Crippen LogP contribution in [-0.4, -0.2) is 32.0 Å². The predicted molar refractivity (Wildman–Crippen MR) is 115 cm³/mol. The number of methoxy groups -OCH3 is 1. The first-order valence-electron chi connectivity index (χ1n) is 10.8. The molecule has 0 unspecified atom stereocenters. The largest absolute Gasteiger partial charge is 0.497 e. The Labute approximate surface area is 177 Å². The summed E-state index contributed by atoms with van der Waals surface area (Å²) in [7, 11) is 1.66. The Hall–Kier alpha value is -2.89. The van der Waals surface area contributed by atoms with Gasteiger partial charge in [0.2, 0.25) is 6.79 Å². The van der Waals surface area contributed by atoms with E-state index in [-0.39, 0.29) is 24.9 Å². The second kappa shape index (κ2) is 9.74. The summed E-state index contributed by atoms with van der Waals surface area (Å²) < 4.78 is 16.2. The van der Waals surface area contributed by atoms with Gasteiger partial charge in [0.25, 0.3) is 0 Å². The Morgan fingerprint density at radius 2 is 1.70 bits per heavy atom. The van der Waals surface area contributed by atoms with Gasteiger partial charge >= 0.3 is 6.03 Å². The van der Waals surface area contributed by atoms with Crippen molar-refractivity contribution in [1.82, 2.24) is 10.6 Å². The molecule has 6 heteroatoms. The molecule has 2 amide bonds. The molecule has 0 saturated heterocycles. The third-order valence-electron chi connectivity index (χ3n) is 5.84. The van der Waals surface area contributed by atoms with Crippen molar-refractivity contribution in [3.63, 3.8) is 0 Å². The molecule has 1 saturated carbocycles. The number of benzene rings is 2. The first-order valence-corrected chi connectivity index (χ1v) is 10.8. The minimum atomic E-state index is -0.0823. The van der Waals surface area contributed by atoms with Crippen LogP contribution in [0.2, 0.25) is 0 Å². The highest BCUT2D eigenvalue weighted by Crippen LogP contribution is 2.33.